The van der Waals surface area contributed by atoms with E-state index in [4.69, 9.17) is 0 Å². The first-order chi connectivity index (χ1) is 20.6. The number of nitrogens with one attached hydrogen (secondary N) is 1. The van der Waals surface area contributed by atoms with Crippen LogP contribution in [0.3, 0.4) is 0 Å². The predicted molar refractivity (Wildman–Crippen MR) is 154 cm³/mol. The number of hydrogen-bond donors (Lipinski definition) is 3. The normalized spacial score (nSPS) is 22.2. The van der Waals surface area contributed by atoms with Crippen LogP contribution in [0, 0.1) is 5.82 Å². The second-order valence-electron chi connectivity index (χ2n) is 12.6. The van der Waals surface area contributed by atoms with Crippen LogP contribution in [0.4, 0.5) is 28.0 Å². The Morgan fingerprint density at radius 3 is 2.27 bits per heavy atom. The molecule has 2 aromatic rings. The van der Waals surface area contributed by atoms with Crippen molar-refractivity contribution in [2.75, 3.05) is 10.8 Å². The summed E-state index contributed by atoms with van der Waals surface area (Å²) in [5.74, 6) is -1.76. The maximum atomic E-state index is 13.9. The Labute approximate surface area is 258 Å². The molecule has 0 bridgehead atoms. The van der Waals surface area contributed by atoms with Gasteiger partial charge in [0, 0.05) is 12.8 Å². The summed E-state index contributed by atoms with van der Waals surface area (Å²) < 4.78 is 83.0. The summed E-state index contributed by atoms with van der Waals surface area (Å²) in [4.78, 5) is 39.2. The maximum Gasteiger partial charge on any atom is 0.421 e. The molecule has 2 aromatic carbocycles. The predicted octanol–water partition coefficient (Wildman–Crippen LogP) is 3.93. The van der Waals surface area contributed by atoms with E-state index in [9.17, 15) is 50.6 Å². The monoisotopic (exact) mass is 657 g/mol. The molecular weight excluding hydrogens is 622 g/mol. The van der Waals surface area contributed by atoms with Gasteiger partial charge in [-0.1, -0.05) is 12.1 Å². The van der Waals surface area contributed by atoms with E-state index >= 15 is 0 Å². The Balaban J connectivity index is 1.61. The van der Waals surface area contributed by atoms with Gasteiger partial charge in [0.1, 0.15) is 17.1 Å². The van der Waals surface area contributed by atoms with Crippen molar-refractivity contribution in [1.82, 2.24) is 10.2 Å². The topological polar surface area (TPSA) is 144 Å². The van der Waals surface area contributed by atoms with Gasteiger partial charge in [0.15, 0.2) is 5.60 Å². The molecule has 0 radical (unpaired) electrons. The number of carbonyl (C=O) groups excluding carboxylic acids is 3. The van der Waals surface area contributed by atoms with Gasteiger partial charge >= 0.3 is 12.2 Å². The third kappa shape index (κ3) is 6.84. The molecule has 3 amide bonds. The van der Waals surface area contributed by atoms with Crippen LogP contribution in [-0.2, 0) is 31.6 Å². The number of benzene rings is 2. The van der Waals surface area contributed by atoms with Crippen LogP contribution in [0.1, 0.15) is 64.5 Å². The van der Waals surface area contributed by atoms with E-state index < -0.39 is 68.1 Å². The SMILES string of the molecule is CC(C)(O)CN1C(=O)NC(C)(CCC(=O)C[C@@H]2CCc3cc(C(C)(O)C(F)(F)F)ccc3N2S(=O)(=O)c2ccc(F)cc2)C1=O. The molecule has 45 heavy (non-hydrogen) atoms. The number of amides is 3. The van der Waals surface area contributed by atoms with Gasteiger partial charge in [0.2, 0.25) is 0 Å². The number of aliphatic hydroxyl groups is 2. The Kier molecular flexibility index (Phi) is 8.89. The molecular formula is C30H35F4N3O7S. The van der Waals surface area contributed by atoms with Crippen LogP contribution in [0.5, 0.6) is 0 Å². The lowest BCUT2D eigenvalue weighted by Crippen LogP contribution is -2.47. The minimum atomic E-state index is -5.01. The highest BCUT2D eigenvalue weighted by Crippen LogP contribution is 2.43. The Bertz CT molecular complexity index is 1600. The summed E-state index contributed by atoms with van der Waals surface area (Å²) in [6.45, 7) is 4.63. The van der Waals surface area contributed by atoms with Crippen LogP contribution in [-0.4, -0.2) is 71.2 Å². The summed E-state index contributed by atoms with van der Waals surface area (Å²) in [7, 11) is -4.46. The fraction of sp³-hybridized carbons (Fsp3) is 0.500. The number of hydrogen-bond acceptors (Lipinski definition) is 7. The zero-order valence-corrected chi connectivity index (χ0v) is 25.9. The van der Waals surface area contributed by atoms with Gasteiger partial charge in [0.25, 0.3) is 15.9 Å². The van der Waals surface area contributed by atoms with Crippen LogP contribution in [0.15, 0.2) is 47.4 Å². The lowest BCUT2D eigenvalue weighted by molar-refractivity contribution is -0.258. The lowest BCUT2D eigenvalue weighted by atomic mass is 9.88. The highest BCUT2D eigenvalue weighted by molar-refractivity contribution is 7.92. The number of Topliss-reactive ketones (excluding diaryl/α,β-unsaturated/α-hetero) is 1. The molecule has 2 unspecified atom stereocenters. The second-order valence-corrected chi connectivity index (χ2v) is 14.4. The number of fused-ring (bicyclic) bond motifs is 1. The number of urea groups is 1. The van der Waals surface area contributed by atoms with Crippen molar-refractivity contribution in [3.05, 3.63) is 59.4 Å². The Morgan fingerprint density at radius 2 is 1.69 bits per heavy atom. The first-order valence-electron chi connectivity index (χ1n) is 14.2. The molecule has 1 fully saturated rings. The van der Waals surface area contributed by atoms with Gasteiger partial charge in [-0.3, -0.25) is 18.8 Å². The number of halogens is 4. The van der Waals surface area contributed by atoms with Crippen molar-refractivity contribution >= 4 is 33.4 Å². The smallest absolute Gasteiger partial charge is 0.389 e. The number of aryl methyl sites for hydroxylation is 1. The van der Waals surface area contributed by atoms with Crippen LogP contribution < -0.4 is 9.62 Å². The molecule has 0 spiro atoms. The van der Waals surface area contributed by atoms with E-state index in [1.165, 1.54) is 20.8 Å². The number of imide groups is 1. The number of β-amino-alcohol motifs (C(OH)–C–C–N with tert-alkyl or cyclic N) is 1. The minimum absolute atomic E-state index is 0.0116. The Morgan fingerprint density at radius 1 is 1.07 bits per heavy atom. The molecule has 4 rings (SSSR count). The van der Waals surface area contributed by atoms with Gasteiger partial charge in [-0.15, -0.1) is 0 Å². The molecule has 0 aromatic heterocycles. The van der Waals surface area contributed by atoms with E-state index in [1.807, 2.05) is 0 Å². The van der Waals surface area contributed by atoms with Crippen LogP contribution in [0.2, 0.25) is 0 Å². The summed E-state index contributed by atoms with van der Waals surface area (Å²) >= 11 is 0. The van der Waals surface area contributed by atoms with E-state index in [-0.39, 0.29) is 54.8 Å². The molecule has 246 valence electrons. The molecule has 0 saturated carbocycles. The number of carbonyl (C=O) groups is 3. The number of nitrogens with zero attached hydrogens (tertiary/aromatic N) is 2. The minimum Gasteiger partial charge on any atom is -0.389 e. The average Bonchev–Trinajstić information content (AvgIpc) is 3.13. The van der Waals surface area contributed by atoms with Gasteiger partial charge in [0.05, 0.1) is 28.8 Å². The average molecular weight is 658 g/mol. The van der Waals surface area contributed by atoms with Gasteiger partial charge in [-0.05, 0) is 88.4 Å². The summed E-state index contributed by atoms with van der Waals surface area (Å²) in [6.07, 6.45) is -5.55. The molecule has 3 atom stereocenters. The van der Waals surface area contributed by atoms with Crippen LogP contribution in [0.25, 0.3) is 0 Å². The summed E-state index contributed by atoms with van der Waals surface area (Å²) in [5.41, 5.74) is -6.28. The van der Waals surface area contributed by atoms with Crippen molar-refractivity contribution in [3.8, 4) is 0 Å². The highest BCUT2D eigenvalue weighted by atomic mass is 32.2. The number of alkyl halides is 3. The van der Waals surface area contributed by atoms with Crippen LogP contribution >= 0.6 is 0 Å². The van der Waals surface area contributed by atoms with Gasteiger partial charge in [-0.2, -0.15) is 13.2 Å². The molecule has 2 aliphatic heterocycles. The number of ketones is 1. The fourth-order valence-corrected chi connectivity index (χ4v) is 7.25. The van der Waals surface area contributed by atoms with Crippen molar-refractivity contribution in [1.29, 1.82) is 0 Å². The van der Waals surface area contributed by atoms with Crippen molar-refractivity contribution in [2.24, 2.45) is 0 Å². The van der Waals surface area contributed by atoms with Crippen molar-refractivity contribution < 1.29 is 50.6 Å². The van der Waals surface area contributed by atoms with Crippen molar-refractivity contribution in [3.63, 3.8) is 0 Å². The molecule has 10 nitrogen and oxygen atoms in total. The molecule has 2 aliphatic rings. The zero-order valence-electron chi connectivity index (χ0n) is 25.1. The third-order valence-corrected chi connectivity index (χ3v) is 10.0. The fourth-order valence-electron chi connectivity index (χ4n) is 5.54. The standard InChI is InChI=1S/C30H35F4N3O7S/c1-27(2,41)17-36-25(39)28(3,35-26(36)40)14-13-22(38)16-21-9-5-18-15-19(29(4,42)30(32,33)34)6-12-24(18)37(21)45(43,44)23-10-7-20(31)8-11-23/h6-8,10-12,15,21,41-42H,5,9,13-14,16-17H2,1-4H3,(H,35,40)/t21-,28?,29?/m0/s1. The largest absolute Gasteiger partial charge is 0.421 e. The summed E-state index contributed by atoms with van der Waals surface area (Å²) in [5, 5.41) is 22.8. The maximum absolute atomic E-state index is 13.9. The lowest BCUT2D eigenvalue weighted by Gasteiger charge is -2.38. The third-order valence-electron chi connectivity index (χ3n) is 8.14. The quantitative estimate of drug-likeness (QED) is 0.260. The number of sulfonamides is 1. The summed E-state index contributed by atoms with van der Waals surface area (Å²) in [6, 6.07) is 5.45. The van der Waals surface area contributed by atoms with E-state index in [2.05, 4.69) is 5.32 Å². The Hall–Kier alpha value is -3.56. The number of anilines is 1. The number of rotatable bonds is 10. The molecule has 15 heteroatoms. The molecule has 0 aliphatic carbocycles. The first-order valence-corrected chi connectivity index (χ1v) is 15.6. The van der Waals surface area contributed by atoms with Crippen molar-refractivity contribution in [2.45, 2.75) is 93.7 Å². The molecule has 3 N–H and O–H groups in total. The zero-order chi connectivity index (χ0) is 33.8. The second kappa shape index (κ2) is 11.7. The van der Waals surface area contributed by atoms with Gasteiger partial charge in [-0.25, -0.2) is 17.6 Å². The van der Waals surface area contributed by atoms with E-state index in [0.29, 0.717) is 6.92 Å². The van der Waals surface area contributed by atoms with E-state index in [0.717, 1.165) is 51.7 Å². The van der Waals surface area contributed by atoms with E-state index in [1.54, 1.807) is 0 Å². The highest BCUT2D eigenvalue weighted by Gasteiger charge is 2.52. The van der Waals surface area contributed by atoms with Gasteiger partial charge < -0.3 is 15.5 Å². The molecule has 1 saturated heterocycles. The first kappa shape index (κ1) is 34.3. The molecule has 2 heterocycles.